The number of benzene rings is 1. The fourth-order valence-electron chi connectivity index (χ4n) is 3.02. The van der Waals surface area contributed by atoms with Crippen molar-refractivity contribution in [2.75, 3.05) is 13.2 Å². The Morgan fingerprint density at radius 3 is 2.68 bits per heavy atom. The molecule has 1 aromatic carbocycles. The predicted molar refractivity (Wildman–Crippen MR) is 76.8 cm³/mol. The van der Waals surface area contributed by atoms with E-state index >= 15 is 0 Å². The molecule has 1 amide bonds. The number of rotatable bonds is 2. The van der Waals surface area contributed by atoms with Crippen LogP contribution in [0.5, 0.6) is 0 Å². The molecule has 0 N–H and O–H groups in total. The van der Waals surface area contributed by atoms with Crippen LogP contribution in [-0.4, -0.2) is 30.1 Å². The molecule has 1 aromatic rings. The third-order valence-electron chi connectivity index (χ3n) is 4.00. The molecule has 3 nitrogen and oxygen atoms in total. The van der Waals surface area contributed by atoms with Gasteiger partial charge in [-0.1, -0.05) is 28.1 Å². The molecule has 0 aliphatic carbocycles. The Morgan fingerprint density at radius 1 is 1.21 bits per heavy atom. The molecule has 0 aromatic heterocycles. The number of hydrogen-bond donors (Lipinski definition) is 0. The minimum Gasteiger partial charge on any atom is -0.368 e. The van der Waals surface area contributed by atoms with Crippen molar-refractivity contribution in [2.45, 2.75) is 37.8 Å². The van der Waals surface area contributed by atoms with Crippen LogP contribution in [0.15, 0.2) is 28.7 Å². The summed E-state index contributed by atoms with van der Waals surface area (Å²) in [5.41, 5.74) is 1.23. The SMILES string of the molecule is O=C(C1CCCO1)N1CCCC1c1ccc(Br)cc1. The van der Waals surface area contributed by atoms with Gasteiger partial charge in [-0.2, -0.15) is 0 Å². The molecule has 2 heterocycles. The molecule has 2 aliphatic rings. The highest BCUT2D eigenvalue weighted by molar-refractivity contribution is 9.10. The molecule has 2 aliphatic heterocycles. The molecular weight excluding hydrogens is 306 g/mol. The highest BCUT2D eigenvalue weighted by Crippen LogP contribution is 2.34. The van der Waals surface area contributed by atoms with E-state index in [4.69, 9.17) is 4.74 Å². The second-order valence-electron chi connectivity index (χ2n) is 5.24. The summed E-state index contributed by atoms with van der Waals surface area (Å²) in [6.45, 7) is 1.59. The summed E-state index contributed by atoms with van der Waals surface area (Å²) in [6, 6.07) is 8.53. The minimum absolute atomic E-state index is 0.183. The number of amides is 1. The number of ether oxygens (including phenoxy) is 1. The van der Waals surface area contributed by atoms with Crippen molar-refractivity contribution in [2.24, 2.45) is 0 Å². The first-order chi connectivity index (χ1) is 9.25. The van der Waals surface area contributed by atoms with E-state index in [9.17, 15) is 4.79 Å². The first-order valence-corrected chi connectivity index (χ1v) is 7.72. The van der Waals surface area contributed by atoms with E-state index < -0.39 is 0 Å². The van der Waals surface area contributed by atoms with Crippen LogP contribution in [0, 0.1) is 0 Å². The van der Waals surface area contributed by atoms with Crippen molar-refractivity contribution in [1.82, 2.24) is 4.90 Å². The summed E-state index contributed by atoms with van der Waals surface area (Å²) in [6.07, 6.45) is 3.82. The molecule has 102 valence electrons. The predicted octanol–water partition coefficient (Wildman–Crippen LogP) is 3.29. The van der Waals surface area contributed by atoms with Gasteiger partial charge in [0.1, 0.15) is 6.10 Å². The lowest BCUT2D eigenvalue weighted by atomic mass is 10.0. The van der Waals surface area contributed by atoms with Gasteiger partial charge in [0.05, 0.1) is 6.04 Å². The van der Waals surface area contributed by atoms with Crippen LogP contribution in [0.1, 0.15) is 37.3 Å². The van der Waals surface area contributed by atoms with E-state index in [2.05, 4.69) is 28.1 Å². The average Bonchev–Trinajstić information content (AvgIpc) is 3.10. The lowest BCUT2D eigenvalue weighted by molar-refractivity contribution is -0.141. The first kappa shape index (κ1) is 13.1. The molecule has 3 rings (SSSR count). The number of carbonyl (C=O) groups is 1. The molecule has 2 fully saturated rings. The smallest absolute Gasteiger partial charge is 0.252 e. The highest BCUT2D eigenvalue weighted by atomic mass is 79.9. The zero-order chi connectivity index (χ0) is 13.2. The Balaban J connectivity index is 1.77. The van der Waals surface area contributed by atoms with Gasteiger partial charge in [-0.3, -0.25) is 4.79 Å². The van der Waals surface area contributed by atoms with E-state index in [1.165, 1.54) is 5.56 Å². The highest BCUT2D eigenvalue weighted by Gasteiger charge is 2.35. The third kappa shape index (κ3) is 2.70. The van der Waals surface area contributed by atoms with Crippen molar-refractivity contribution in [3.8, 4) is 0 Å². The quantitative estimate of drug-likeness (QED) is 0.835. The molecule has 2 atom stereocenters. The number of carbonyl (C=O) groups excluding carboxylic acids is 1. The zero-order valence-corrected chi connectivity index (χ0v) is 12.4. The van der Waals surface area contributed by atoms with Crippen LogP contribution in [0.4, 0.5) is 0 Å². The molecule has 2 saturated heterocycles. The number of likely N-dealkylation sites (tertiary alicyclic amines) is 1. The molecule has 4 heteroatoms. The molecule has 0 saturated carbocycles. The summed E-state index contributed by atoms with van der Waals surface area (Å²) in [7, 11) is 0. The van der Waals surface area contributed by atoms with Gasteiger partial charge in [-0.05, 0) is 43.4 Å². The number of nitrogens with zero attached hydrogens (tertiary/aromatic N) is 1. The standard InChI is InChI=1S/C15H18BrNO2/c16-12-7-5-11(6-8-12)13-3-1-9-17(13)15(18)14-4-2-10-19-14/h5-8,13-14H,1-4,9-10H2. The zero-order valence-electron chi connectivity index (χ0n) is 10.8. The van der Waals surface area contributed by atoms with E-state index in [0.717, 1.165) is 43.3 Å². The van der Waals surface area contributed by atoms with Crippen molar-refractivity contribution in [3.63, 3.8) is 0 Å². The topological polar surface area (TPSA) is 29.5 Å². The molecule has 19 heavy (non-hydrogen) atoms. The van der Waals surface area contributed by atoms with Crippen LogP contribution in [-0.2, 0) is 9.53 Å². The Kier molecular flexibility index (Phi) is 3.89. The Morgan fingerprint density at radius 2 is 2.00 bits per heavy atom. The lowest BCUT2D eigenvalue weighted by Gasteiger charge is -2.27. The van der Waals surface area contributed by atoms with Gasteiger partial charge in [0.25, 0.3) is 5.91 Å². The largest absolute Gasteiger partial charge is 0.368 e. The van der Waals surface area contributed by atoms with Gasteiger partial charge < -0.3 is 9.64 Å². The second kappa shape index (κ2) is 5.63. The van der Waals surface area contributed by atoms with Crippen LogP contribution >= 0.6 is 15.9 Å². The Hall–Kier alpha value is -0.870. The van der Waals surface area contributed by atoms with Gasteiger partial charge in [0.15, 0.2) is 0 Å². The molecular formula is C15H18BrNO2. The minimum atomic E-state index is -0.198. The van der Waals surface area contributed by atoms with Gasteiger partial charge in [0.2, 0.25) is 0 Å². The summed E-state index contributed by atoms with van der Waals surface area (Å²) < 4.78 is 6.61. The normalized spacial score (nSPS) is 26.9. The van der Waals surface area contributed by atoms with E-state index in [1.54, 1.807) is 0 Å². The van der Waals surface area contributed by atoms with E-state index in [-0.39, 0.29) is 18.1 Å². The maximum Gasteiger partial charge on any atom is 0.252 e. The van der Waals surface area contributed by atoms with Gasteiger partial charge in [-0.25, -0.2) is 0 Å². The van der Waals surface area contributed by atoms with Crippen molar-refractivity contribution in [3.05, 3.63) is 34.3 Å². The maximum absolute atomic E-state index is 12.5. The van der Waals surface area contributed by atoms with E-state index in [0.29, 0.717) is 0 Å². The average molecular weight is 324 g/mol. The van der Waals surface area contributed by atoms with E-state index in [1.807, 2.05) is 17.0 Å². The molecule has 0 radical (unpaired) electrons. The summed E-state index contributed by atoms with van der Waals surface area (Å²) in [5.74, 6) is 0.183. The second-order valence-corrected chi connectivity index (χ2v) is 6.16. The number of halogens is 1. The van der Waals surface area contributed by atoms with Crippen LogP contribution in [0.2, 0.25) is 0 Å². The molecule has 2 unspecified atom stereocenters. The Bertz CT molecular complexity index is 454. The summed E-state index contributed by atoms with van der Waals surface area (Å²) in [5, 5.41) is 0. The maximum atomic E-state index is 12.5. The van der Waals surface area contributed by atoms with Crippen molar-refractivity contribution < 1.29 is 9.53 Å². The van der Waals surface area contributed by atoms with Gasteiger partial charge in [0, 0.05) is 17.6 Å². The van der Waals surface area contributed by atoms with Crippen molar-refractivity contribution in [1.29, 1.82) is 0 Å². The molecule has 0 spiro atoms. The fraction of sp³-hybridized carbons (Fsp3) is 0.533. The fourth-order valence-corrected chi connectivity index (χ4v) is 3.28. The lowest BCUT2D eigenvalue weighted by Crippen LogP contribution is -2.38. The summed E-state index contributed by atoms with van der Waals surface area (Å²) in [4.78, 5) is 14.5. The monoisotopic (exact) mass is 323 g/mol. The Labute approximate surface area is 122 Å². The van der Waals surface area contributed by atoms with Gasteiger partial charge >= 0.3 is 0 Å². The van der Waals surface area contributed by atoms with Crippen molar-refractivity contribution >= 4 is 21.8 Å². The van der Waals surface area contributed by atoms with Crippen LogP contribution in [0.3, 0.4) is 0 Å². The van der Waals surface area contributed by atoms with Crippen LogP contribution in [0.25, 0.3) is 0 Å². The van der Waals surface area contributed by atoms with Gasteiger partial charge in [-0.15, -0.1) is 0 Å². The molecule has 0 bridgehead atoms. The third-order valence-corrected chi connectivity index (χ3v) is 4.52. The number of hydrogen-bond acceptors (Lipinski definition) is 2. The van der Waals surface area contributed by atoms with Crippen LogP contribution < -0.4 is 0 Å². The first-order valence-electron chi connectivity index (χ1n) is 6.93. The summed E-state index contributed by atoms with van der Waals surface area (Å²) >= 11 is 3.45.